The zero-order valence-electron chi connectivity index (χ0n) is 9.45. The lowest BCUT2D eigenvalue weighted by Crippen LogP contribution is -2.02. The molecule has 0 atom stereocenters. The van der Waals surface area contributed by atoms with Crippen molar-refractivity contribution in [2.24, 2.45) is 0 Å². The highest BCUT2D eigenvalue weighted by Gasteiger charge is 2.18. The van der Waals surface area contributed by atoms with Gasteiger partial charge >= 0.3 is 5.97 Å². The molecule has 0 radical (unpaired) electrons. The maximum atomic E-state index is 11.4. The summed E-state index contributed by atoms with van der Waals surface area (Å²) in [7, 11) is 0. The van der Waals surface area contributed by atoms with E-state index in [0.717, 1.165) is 21.9 Å². The van der Waals surface area contributed by atoms with Gasteiger partial charge in [-0.05, 0) is 36.4 Å². The summed E-state index contributed by atoms with van der Waals surface area (Å²) in [4.78, 5) is 11.4. The lowest BCUT2D eigenvalue weighted by Gasteiger charge is -2.12. The van der Waals surface area contributed by atoms with E-state index in [1.54, 1.807) is 23.0 Å². The third-order valence-electron chi connectivity index (χ3n) is 2.83. The summed E-state index contributed by atoms with van der Waals surface area (Å²) in [5.74, 6) is -0.535. The van der Waals surface area contributed by atoms with Gasteiger partial charge in [0.1, 0.15) is 5.56 Å². The topological polar surface area (TPSA) is 46.5 Å². The number of hydrogen-bond donors (Lipinski definition) is 1. The molecule has 0 spiro atoms. The normalized spacial score (nSPS) is 10.5. The lowest BCUT2D eigenvalue weighted by molar-refractivity contribution is 0.0697. The molecule has 0 heterocycles. The zero-order chi connectivity index (χ0) is 12.6. The van der Waals surface area contributed by atoms with E-state index in [0.29, 0.717) is 5.75 Å². The fraction of sp³-hybridized carbons (Fsp3) is 0.154. The Bertz CT molecular complexity index is 605. The maximum Gasteiger partial charge on any atom is 0.340 e. The molecule has 0 bridgehead atoms. The Morgan fingerprint density at radius 3 is 2.53 bits per heavy atom. The minimum Gasteiger partial charge on any atom is -0.478 e. The minimum atomic E-state index is -0.962. The Balaban J connectivity index is 2.98. The van der Waals surface area contributed by atoms with Gasteiger partial charge in [-0.1, -0.05) is 18.2 Å². The summed E-state index contributed by atoms with van der Waals surface area (Å²) in [5.41, 5.74) is 2.13. The van der Waals surface area contributed by atoms with Crippen LogP contribution in [0.25, 0.3) is 10.8 Å². The highest BCUT2D eigenvalue weighted by Crippen LogP contribution is 2.34. The molecular weight excluding hydrogens is 331 g/mol. The highest BCUT2D eigenvalue weighted by atomic mass is 127. The standard InChI is InChI=1S/C13H11IO3/c1-7-4-3-5-9-10(7)6-8(2)12(17-14)11(9)13(15)16/h3-6H,1-2H3,(H,15,16). The van der Waals surface area contributed by atoms with Crippen LogP contribution in [-0.2, 0) is 0 Å². The number of aromatic carboxylic acids is 1. The van der Waals surface area contributed by atoms with Crippen molar-refractivity contribution in [2.75, 3.05) is 0 Å². The molecule has 2 rings (SSSR count). The molecule has 0 aliphatic carbocycles. The Hall–Kier alpha value is -1.30. The summed E-state index contributed by atoms with van der Waals surface area (Å²) in [6.07, 6.45) is 0. The van der Waals surface area contributed by atoms with Gasteiger partial charge in [-0.3, -0.25) is 0 Å². The van der Waals surface area contributed by atoms with E-state index in [1.165, 1.54) is 0 Å². The molecule has 0 aliphatic heterocycles. The van der Waals surface area contributed by atoms with Crippen molar-refractivity contribution in [1.29, 1.82) is 0 Å². The number of fused-ring (bicyclic) bond motifs is 1. The molecule has 0 saturated heterocycles. The van der Waals surface area contributed by atoms with Crippen molar-refractivity contribution in [2.45, 2.75) is 13.8 Å². The van der Waals surface area contributed by atoms with E-state index in [4.69, 9.17) is 3.07 Å². The second kappa shape index (κ2) is 4.52. The summed E-state index contributed by atoms with van der Waals surface area (Å²) in [5, 5.41) is 11.0. The first kappa shape index (κ1) is 12.2. The number of carbonyl (C=O) groups is 1. The van der Waals surface area contributed by atoms with E-state index < -0.39 is 5.97 Å². The first-order chi connectivity index (χ1) is 8.06. The van der Waals surface area contributed by atoms with Crippen LogP contribution in [0.5, 0.6) is 5.75 Å². The van der Waals surface area contributed by atoms with Crippen LogP contribution in [0.2, 0.25) is 0 Å². The molecule has 0 unspecified atom stereocenters. The molecule has 0 aliphatic rings. The molecule has 0 fully saturated rings. The number of carboxylic acid groups (broad SMARTS) is 1. The molecule has 0 aromatic heterocycles. The largest absolute Gasteiger partial charge is 0.478 e. The number of rotatable bonds is 2. The highest BCUT2D eigenvalue weighted by molar-refractivity contribution is 14.1. The Morgan fingerprint density at radius 2 is 1.94 bits per heavy atom. The van der Waals surface area contributed by atoms with Crippen LogP contribution in [0.15, 0.2) is 24.3 Å². The molecule has 2 aromatic carbocycles. The van der Waals surface area contributed by atoms with Gasteiger partial charge in [-0.15, -0.1) is 0 Å². The van der Waals surface area contributed by atoms with Crippen molar-refractivity contribution in [3.63, 3.8) is 0 Å². The minimum absolute atomic E-state index is 0.234. The summed E-state index contributed by atoms with van der Waals surface area (Å²) < 4.78 is 5.17. The fourth-order valence-corrected chi connectivity index (χ4v) is 2.57. The quantitative estimate of drug-likeness (QED) is 0.843. The summed E-state index contributed by atoms with van der Waals surface area (Å²) in [6.45, 7) is 3.82. The number of hydrogen-bond acceptors (Lipinski definition) is 2. The SMILES string of the molecule is Cc1cc2c(C)cccc2c(C(=O)O)c1OI. The van der Waals surface area contributed by atoms with E-state index in [-0.39, 0.29) is 5.56 Å². The van der Waals surface area contributed by atoms with Crippen LogP contribution in [0, 0.1) is 13.8 Å². The fourth-order valence-electron chi connectivity index (χ4n) is 2.00. The predicted octanol–water partition coefficient (Wildman–Crippen LogP) is 3.88. The van der Waals surface area contributed by atoms with Crippen molar-refractivity contribution < 1.29 is 13.0 Å². The van der Waals surface area contributed by atoms with Crippen molar-refractivity contribution >= 4 is 39.7 Å². The summed E-state index contributed by atoms with van der Waals surface area (Å²) >= 11 is 1.72. The average Bonchev–Trinajstić information content (AvgIpc) is 2.28. The molecule has 17 heavy (non-hydrogen) atoms. The van der Waals surface area contributed by atoms with Crippen LogP contribution in [0.3, 0.4) is 0 Å². The molecule has 4 heteroatoms. The lowest BCUT2D eigenvalue weighted by atomic mass is 9.97. The van der Waals surface area contributed by atoms with Gasteiger partial charge < -0.3 is 8.17 Å². The van der Waals surface area contributed by atoms with Gasteiger partial charge in [0.25, 0.3) is 0 Å². The molecule has 1 N–H and O–H groups in total. The number of benzene rings is 2. The maximum absolute atomic E-state index is 11.4. The summed E-state index contributed by atoms with van der Waals surface area (Å²) in [6, 6.07) is 7.60. The van der Waals surface area contributed by atoms with Crippen LogP contribution in [0.1, 0.15) is 21.5 Å². The van der Waals surface area contributed by atoms with E-state index in [9.17, 15) is 9.90 Å². The van der Waals surface area contributed by atoms with Gasteiger partial charge in [-0.2, -0.15) is 0 Å². The second-order valence-corrected chi connectivity index (χ2v) is 4.39. The smallest absolute Gasteiger partial charge is 0.340 e. The Kier molecular flexibility index (Phi) is 3.24. The van der Waals surface area contributed by atoms with E-state index in [2.05, 4.69) is 0 Å². The second-order valence-electron chi connectivity index (χ2n) is 3.95. The Morgan fingerprint density at radius 1 is 1.24 bits per heavy atom. The van der Waals surface area contributed by atoms with Crippen LogP contribution in [0.4, 0.5) is 0 Å². The number of halogens is 1. The third kappa shape index (κ3) is 1.97. The first-order valence-corrected chi connectivity index (χ1v) is 5.99. The van der Waals surface area contributed by atoms with Gasteiger partial charge in [0, 0.05) is 5.39 Å². The third-order valence-corrected chi connectivity index (χ3v) is 3.27. The van der Waals surface area contributed by atoms with Crippen molar-refractivity contribution in [3.8, 4) is 5.75 Å². The van der Waals surface area contributed by atoms with Crippen LogP contribution >= 0.6 is 23.0 Å². The molecule has 3 nitrogen and oxygen atoms in total. The van der Waals surface area contributed by atoms with Gasteiger partial charge in [0.15, 0.2) is 28.8 Å². The van der Waals surface area contributed by atoms with Gasteiger partial charge in [-0.25, -0.2) is 4.79 Å². The molecule has 0 amide bonds. The predicted molar refractivity (Wildman–Crippen MR) is 75.0 cm³/mol. The van der Waals surface area contributed by atoms with Gasteiger partial charge in [0.05, 0.1) is 0 Å². The molecule has 2 aromatic rings. The number of aryl methyl sites for hydroxylation is 2. The molecular formula is C13H11IO3. The first-order valence-electron chi connectivity index (χ1n) is 5.11. The van der Waals surface area contributed by atoms with E-state index in [1.807, 2.05) is 38.1 Å². The number of carboxylic acids is 1. The van der Waals surface area contributed by atoms with E-state index >= 15 is 0 Å². The molecule has 0 saturated carbocycles. The zero-order valence-corrected chi connectivity index (χ0v) is 11.6. The monoisotopic (exact) mass is 342 g/mol. The van der Waals surface area contributed by atoms with Crippen molar-refractivity contribution in [3.05, 3.63) is 41.0 Å². The Labute approximate surface area is 113 Å². The van der Waals surface area contributed by atoms with Crippen molar-refractivity contribution in [1.82, 2.24) is 0 Å². The molecule has 88 valence electrons. The van der Waals surface area contributed by atoms with Crippen LogP contribution < -0.4 is 3.07 Å². The van der Waals surface area contributed by atoms with Gasteiger partial charge in [0.2, 0.25) is 0 Å². The average molecular weight is 342 g/mol. The van der Waals surface area contributed by atoms with Crippen LogP contribution in [-0.4, -0.2) is 11.1 Å².